The van der Waals surface area contributed by atoms with Crippen LogP contribution in [-0.4, -0.2) is 38.5 Å². The molecule has 1 saturated heterocycles. The van der Waals surface area contributed by atoms with Crippen molar-refractivity contribution in [3.63, 3.8) is 0 Å². The lowest BCUT2D eigenvalue weighted by atomic mass is 10.2. The Kier molecular flexibility index (Phi) is 2.90. The van der Waals surface area contributed by atoms with Crippen LogP contribution < -0.4 is 0 Å². The van der Waals surface area contributed by atoms with Crippen molar-refractivity contribution in [2.75, 3.05) is 6.61 Å². The van der Waals surface area contributed by atoms with Crippen molar-refractivity contribution in [1.82, 2.24) is 4.57 Å². The smallest absolute Gasteiger partial charge is 0.286 e. The zero-order chi connectivity index (χ0) is 11.7. The van der Waals surface area contributed by atoms with Crippen molar-refractivity contribution < 1.29 is 19.9 Å². The molecule has 1 fully saturated rings. The van der Waals surface area contributed by atoms with E-state index in [1.165, 1.54) is 23.0 Å². The van der Waals surface area contributed by atoms with Crippen LogP contribution in [0.5, 0.6) is 0 Å². The molecule has 2 rings (SSSR count). The standard InChI is InChI=1S/C9H12N2O5/c12-5-8-7(13)3-9(16-8)10-2-1-6(4-10)11(14)15/h1-2,4,7-9,12-13H,3,5H2/t7-,8?,9?/m1/s1. The van der Waals surface area contributed by atoms with Gasteiger partial charge in [0.25, 0.3) is 5.69 Å². The summed E-state index contributed by atoms with van der Waals surface area (Å²) in [5, 5.41) is 28.9. The summed E-state index contributed by atoms with van der Waals surface area (Å²) in [5.41, 5.74) is -0.0226. The molecule has 1 aromatic rings. The number of aliphatic hydroxyl groups is 2. The Morgan fingerprint density at radius 1 is 1.69 bits per heavy atom. The van der Waals surface area contributed by atoms with Crippen molar-refractivity contribution in [2.24, 2.45) is 0 Å². The summed E-state index contributed by atoms with van der Waals surface area (Å²) in [7, 11) is 0. The van der Waals surface area contributed by atoms with Gasteiger partial charge in [0.2, 0.25) is 0 Å². The fourth-order valence-electron chi connectivity index (χ4n) is 1.75. The molecule has 1 aliphatic heterocycles. The van der Waals surface area contributed by atoms with E-state index in [0.29, 0.717) is 6.42 Å². The van der Waals surface area contributed by atoms with E-state index in [9.17, 15) is 15.2 Å². The highest BCUT2D eigenvalue weighted by Crippen LogP contribution is 2.29. The molecule has 0 spiro atoms. The minimum Gasteiger partial charge on any atom is -0.394 e. The fraction of sp³-hybridized carbons (Fsp3) is 0.556. The number of hydrogen-bond donors (Lipinski definition) is 2. The van der Waals surface area contributed by atoms with Gasteiger partial charge >= 0.3 is 0 Å². The van der Waals surface area contributed by atoms with Crippen LogP contribution >= 0.6 is 0 Å². The van der Waals surface area contributed by atoms with E-state index in [1.807, 2.05) is 0 Å². The molecule has 1 aliphatic rings. The molecule has 88 valence electrons. The maximum Gasteiger partial charge on any atom is 0.286 e. The van der Waals surface area contributed by atoms with Crippen LogP contribution in [0.4, 0.5) is 5.69 Å². The molecule has 2 heterocycles. The lowest BCUT2D eigenvalue weighted by Gasteiger charge is -2.12. The van der Waals surface area contributed by atoms with E-state index in [1.54, 1.807) is 0 Å². The van der Waals surface area contributed by atoms with E-state index >= 15 is 0 Å². The van der Waals surface area contributed by atoms with Gasteiger partial charge in [0, 0.05) is 18.7 Å². The minimum absolute atomic E-state index is 0.0226. The summed E-state index contributed by atoms with van der Waals surface area (Å²) < 4.78 is 6.87. The normalized spacial score (nSPS) is 29.5. The third-order valence-corrected chi connectivity index (χ3v) is 2.63. The zero-order valence-corrected chi connectivity index (χ0v) is 8.39. The maximum atomic E-state index is 10.5. The quantitative estimate of drug-likeness (QED) is 0.562. The van der Waals surface area contributed by atoms with Crippen molar-refractivity contribution in [3.05, 3.63) is 28.6 Å². The Morgan fingerprint density at radius 3 is 2.94 bits per heavy atom. The Bertz CT molecular complexity index is 391. The topological polar surface area (TPSA) is 97.8 Å². The second-order valence-corrected chi connectivity index (χ2v) is 3.69. The first kappa shape index (κ1) is 11.1. The van der Waals surface area contributed by atoms with Crippen LogP contribution in [0.1, 0.15) is 12.6 Å². The molecule has 0 saturated carbocycles. The molecule has 0 aromatic carbocycles. The van der Waals surface area contributed by atoms with Crippen LogP contribution in [0.25, 0.3) is 0 Å². The Balaban J connectivity index is 2.11. The molecule has 7 nitrogen and oxygen atoms in total. The van der Waals surface area contributed by atoms with Gasteiger partial charge in [-0.05, 0) is 0 Å². The van der Waals surface area contributed by atoms with Gasteiger partial charge in [-0.1, -0.05) is 0 Å². The highest BCUT2D eigenvalue weighted by atomic mass is 16.6. The molecule has 3 atom stereocenters. The number of hydrogen-bond acceptors (Lipinski definition) is 5. The predicted molar refractivity (Wildman–Crippen MR) is 52.7 cm³/mol. The van der Waals surface area contributed by atoms with Crippen molar-refractivity contribution in [2.45, 2.75) is 24.9 Å². The lowest BCUT2D eigenvalue weighted by molar-refractivity contribution is -0.384. The second kappa shape index (κ2) is 4.20. The molecule has 1 aromatic heterocycles. The SMILES string of the molecule is O=[N+]([O-])c1ccn(C2C[C@@H](O)C(CO)O2)c1. The molecule has 7 heteroatoms. The molecular formula is C9H12N2O5. The Hall–Kier alpha value is -1.44. The van der Waals surface area contributed by atoms with Crippen LogP contribution in [0.3, 0.4) is 0 Å². The summed E-state index contributed by atoms with van der Waals surface area (Å²) in [6, 6.07) is 1.36. The molecule has 16 heavy (non-hydrogen) atoms. The fourth-order valence-corrected chi connectivity index (χ4v) is 1.75. The number of ether oxygens (including phenoxy) is 1. The maximum absolute atomic E-state index is 10.5. The molecule has 0 aliphatic carbocycles. The van der Waals surface area contributed by atoms with Gasteiger partial charge in [-0.2, -0.15) is 0 Å². The van der Waals surface area contributed by atoms with E-state index in [2.05, 4.69) is 0 Å². The first-order chi connectivity index (χ1) is 7.61. The van der Waals surface area contributed by atoms with Gasteiger partial charge in [0.05, 0.1) is 23.8 Å². The molecule has 2 unspecified atom stereocenters. The monoisotopic (exact) mass is 228 g/mol. The molecule has 0 radical (unpaired) electrons. The number of rotatable bonds is 3. The largest absolute Gasteiger partial charge is 0.394 e. The number of aromatic nitrogens is 1. The highest BCUT2D eigenvalue weighted by molar-refractivity contribution is 5.26. The van der Waals surface area contributed by atoms with E-state index in [-0.39, 0.29) is 12.3 Å². The van der Waals surface area contributed by atoms with Crippen LogP contribution in [-0.2, 0) is 4.74 Å². The van der Waals surface area contributed by atoms with Crippen molar-refractivity contribution in [1.29, 1.82) is 0 Å². The first-order valence-corrected chi connectivity index (χ1v) is 4.88. The van der Waals surface area contributed by atoms with Crippen LogP contribution in [0.15, 0.2) is 18.5 Å². The molecule has 0 amide bonds. The van der Waals surface area contributed by atoms with Crippen molar-refractivity contribution >= 4 is 5.69 Å². The van der Waals surface area contributed by atoms with Gasteiger partial charge in [-0.3, -0.25) is 10.1 Å². The molecule has 0 bridgehead atoms. The average Bonchev–Trinajstić information content (AvgIpc) is 2.83. The van der Waals surface area contributed by atoms with E-state index in [0.717, 1.165) is 0 Å². The summed E-state index contributed by atoms with van der Waals surface area (Å²) in [5.74, 6) is 0. The lowest BCUT2D eigenvalue weighted by Crippen LogP contribution is -2.24. The number of nitrogens with zero attached hydrogens (tertiary/aromatic N) is 2. The van der Waals surface area contributed by atoms with Gasteiger partial charge in [-0.15, -0.1) is 0 Å². The second-order valence-electron chi connectivity index (χ2n) is 3.69. The van der Waals surface area contributed by atoms with E-state index < -0.39 is 23.4 Å². The van der Waals surface area contributed by atoms with Gasteiger partial charge < -0.3 is 19.5 Å². The summed E-state index contributed by atoms with van der Waals surface area (Å²) in [6.07, 6.45) is 1.37. The summed E-state index contributed by atoms with van der Waals surface area (Å²) in [6.45, 7) is -0.263. The van der Waals surface area contributed by atoms with Gasteiger partial charge in [0.1, 0.15) is 12.3 Å². The molecular weight excluding hydrogens is 216 g/mol. The van der Waals surface area contributed by atoms with Crippen molar-refractivity contribution in [3.8, 4) is 0 Å². The number of aliphatic hydroxyl groups excluding tert-OH is 2. The van der Waals surface area contributed by atoms with E-state index in [4.69, 9.17) is 9.84 Å². The minimum atomic E-state index is -0.739. The third kappa shape index (κ3) is 1.92. The van der Waals surface area contributed by atoms with Crippen LogP contribution in [0, 0.1) is 10.1 Å². The first-order valence-electron chi connectivity index (χ1n) is 4.88. The Labute approximate surface area is 91.0 Å². The molecule has 2 N–H and O–H groups in total. The average molecular weight is 228 g/mol. The van der Waals surface area contributed by atoms with Gasteiger partial charge in [0.15, 0.2) is 0 Å². The highest BCUT2D eigenvalue weighted by Gasteiger charge is 2.34. The third-order valence-electron chi connectivity index (χ3n) is 2.63. The summed E-state index contributed by atoms with van der Waals surface area (Å²) >= 11 is 0. The predicted octanol–water partition coefficient (Wildman–Crippen LogP) is 0.0370. The van der Waals surface area contributed by atoms with Gasteiger partial charge in [-0.25, -0.2) is 0 Å². The summed E-state index contributed by atoms with van der Waals surface area (Å²) in [4.78, 5) is 9.98. The number of nitro groups is 1. The Morgan fingerprint density at radius 2 is 2.44 bits per heavy atom. The zero-order valence-electron chi connectivity index (χ0n) is 8.39. The van der Waals surface area contributed by atoms with Crippen LogP contribution in [0.2, 0.25) is 0 Å².